The molecule has 6 heterocycles. The Morgan fingerprint density at radius 2 is 1.59 bits per heavy atom. The number of imide groups is 1. The molecular formula is C54H60Cl2N13O11+. The Bertz CT molecular complexity index is 3340. The molecule has 6 aromatic rings. The van der Waals surface area contributed by atoms with Crippen LogP contribution in [0.5, 0.6) is 0 Å². The van der Waals surface area contributed by atoms with Crippen molar-refractivity contribution < 1.29 is 57.3 Å². The summed E-state index contributed by atoms with van der Waals surface area (Å²) in [6, 6.07) is 12.3. The fourth-order valence-corrected chi connectivity index (χ4v) is 10.6. The number of ether oxygens (including phenoxy) is 2. The lowest BCUT2D eigenvalue weighted by Crippen LogP contribution is -2.62. The van der Waals surface area contributed by atoms with Gasteiger partial charge in [-0.1, -0.05) is 47.1 Å². The van der Waals surface area contributed by atoms with Crippen LogP contribution in [0.25, 0.3) is 21.8 Å². The summed E-state index contributed by atoms with van der Waals surface area (Å²) >= 11 is 12.1. The van der Waals surface area contributed by atoms with E-state index in [1.54, 1.807) is 48.9 Å². The zero-order valence-electron chi connectivity index (χ0n) is 43.3. The van der Waals surface area contributed by atoms with E-state index in [1.807, 2.05) is 30.3 Å². The maximum absolute atomic E-state index is 14.5. The minimum Gasteiger partial charge on any atom is -0.379 e. The molecule has 0 aliphatic carbocycles. The number of primary amides is 1. The summed E-state index contributed by atoms with van der Waals surface area (Å²) < 4.78 is 12.8. The van der Waals surface area contributed by atoms with Crippen LogP contribution in [0.1, 0.15) is 71.3 Å². The van der Waals surface area contributed by atoms with Crippen molar-refractivity contribution in [2.45, 2.75) is 101 Å². The maximum Gasteiger partial charge on any atom is 0.255 e. The molecule has 9 amide bonds. The first-order valence-corrected chi connectivity index (χ1v) is 27.1. The van der Waals surface area contributed by atoms with Gasteiger partial charge in [0.25, 0.3) is 5.91 Å². The van der Waals surface area contributed by atoms with E-state index in [1.165, 1.54) is 14.5 Å². The number of para-hydroxylation sites is 1. The lowest BCUT2D eigenvalue weighted by atomic mass is 9.97. The zero-order valence-corrected chi connectivity index (χ0v) is 44.8. The quantitative estimate of drug-likeness (QED) is 0.0181. The Balaban J connectivity index is 0.776. The zero-order chi connectivity index (χ0) is 56.5. The number of H-pyrrole nitrogens is 3. The van der Waals surface area contributed by atoms with E-state index in [0.29, 0.717) is 45.9 Å². The number of aromatic nitrogens is 5. The van der Waals surface area contributed by atoms with Crippen molar-refractivity contribution in [3.63, 3.8) is 0 Å². The molecule has 0 saturated carbocycles. The molecule has 3 aromatic carbocycles. The molecule has 80 heavy (non-hydrogen) atoms. The number of carbonyl (C=O) groups is 9. The number of carbonyl (C=O) groups excluding carboxylic acids is 9. The van der Waals surface area contributed by atoms with Crippen LogP contribution < -0.4 is 37.0 Å². The highest BCUT2D eigenvalue weighted by atomic mass is 35.5. The molecule has 3 aliphatic rings. The number of amides is 9. The molecular weight excluding hydrogens is 1080 g/mol. The van der Waals surface area contributed by atoms with Crippen LogP contribution in [0.3, 0.4) is 0 Å². The molecule has 5 atom stereocenters. The number of anilines is 1. The molecule has 3 unspecified atom stereocenters. The number of benzene rings is 3. The van der Waals surface area contributed by atoms with Crippen molar-refractivity contribution in [1.29, 1.82) is 0 Å². The number of likely N-dealkylation sites (tertiary alicyclic amines) is 1. The van der Waals surface area contributed by atoms with Crippen molar-refractivity contribution in [3.05, 3.63) is 112 Å². The van der Waals surface area contributed by atoms with Gasteiger partial charge in [-0.15, -0.1) is 11.6 Å². The highest BCUT2D eigenvalue weighted by Crippen LogP contribution is 2.33. The van der Waals surface area contributed by atoms with Gasteiger partial charge in [0.2, 0.25) is 53.0 Å². The number of piperidine rings is 2. The summed E-state index contributed by atoms with van der Waals surface area (Å²) in [4.78, 5) is 129. The van der Waals surface area contributed by atoms with Crippen molar-refractivity contribution in [3.8, 4) is 0 Å². The first-order chi connectivity index (χ1) is 38.6. The number of fused-ring (bicyclic) bond motifs is 3. The highest BCUT2D eigenvalue weighted by molar-refractivity contribution is 6.31. The van der Waals surface area contributed by atoms with E-state index < -0.39 is 71.5 Å². The third-order valence-corrected chi connectivity index (χ3v) is 14.8. The molecule has 0 spiro atoms. The van der Waals surface area contributed by atoms with Crippen LogP contribution in [0.2, 0.25) is 5.02 Å². The molecule has 0 bridgehead atoms. The van der Waals surface area contributed by atoms with Crippen LogP contribution >= 0.6 is 23.2 Å². The van der Waals surface area contributed by atoms with Gasteiger partial charge in [0.1, 0.15) is 49.2 Å². The van der Waals surface area contributed by atoms with Crippen molar-refractivity contribution in [2.75, 3.05) is 37.6 Å². The number of alkyl halides is 1. The summed E-state index contributed by atoms with van der Waals surface area (Å²) in [5.74, 6) is -5.24. The van der Waals surface area contributed by atoms with E-state index in [4.69, 9.17) is 38.4 Å². The summed E-state index contributed by atoms with van der Waals surface area (Å²) in [6.07, 6.45) is 6.96. The van der Waals surface area contributed by atoms with Gasteiger partial charge in [0.05, 0.1) is 26.2 Å². The van der Waals surface area contributed by atoms with Crippen molar-refractivity contribution >= 4 is 104 Å². The Morgan fingerprint density at radius 3 is 2.38 bits per heavy atom. The maximum atomic E-state index is 14.5. The van der Waals surface area contributed by atoms with Crippen LogP contribution in [-0.2, 0) is 80.4 Å². The van der Waals surface area contributed by atoms with Crippen molar-refractivity contribution in [1.82, 2.24) is 51.3 Å². The van der Waals surface area contributed by atoms with E-state index in [0.717, 1.165) is 27.4 Å². The number of rotatable bonds is 24. The first-order valence-electron chi connectivity index (χ1n) is 26.2. The molecule has 2 fully saturated rings. The first kappa shape index (κ1) is 56.5. The van der Waals surface area contributed by atoms with Crippen LogP contribution in [0, 0.1) is 0 Å². The number of halogens is 2. The topological polar surface area (TPSA) is 329 Å². The fourth-order valence-electron chi connectivity index (χ4n) is 10.3. The van der Waals surface area contributed by atoms with Gasteiger partial charge in [-0.2, -0.15) is 4.68 Å². The second-order valence-electron chi connectivity index (χ2n) is 19.8. The van der Waals surface area contributed by atoms with E-state index in [-0.39, 0.29) is 102 Å². The standard InChI is InChI=1S/C54H59Cl2N13O11/c55-23-48(72)61-42(21-31-25-59-40-22-32(56)11-12-35(31)40)54(78)68-16-4-3-10-44(68)51(75)62-41(20-30-24-58-38-8-2-1-6-34(30)38)50(74)63-43(49(57)73)28-67-26-33(65-66-67)29-80-19-18-79-17-15-47(71)60-39-9-5-7-36-37(39)27-69(53(36)77)45-13-14-46(70)64-52(45)76/h1-2,5-9,11-12,22,24-26,41-45,58-59H,3-4,10,13-21,23,27-29H2,(H7,57,60,61,62,63,64,70,71,72,73,74,75,76)/p+1/t41?,42?,43-,44-,45?/m0/s1. The lowest BCUT2D eigenvalue weighted by Gasteiger charge is -2.37. The minimum atomic E-state index is -1.29. The molecule has 26 heteroatoms. The second-order valence-corrected chi connectivity index (χ2v) is 20.5. The molecule has 3 aromatic heterocycles. The Hall–Kier alpha value is -8.19. The number of aromatic amines is 3. The van der Waals surface area contributed by atoms with Gasteiger partial charge < -0.3 is 56.2 Å². The summed E-state index contributed by atoms with van der Waals surface area (Å²) in [5.41, 5.74) is 10.7. The number of hydrogen-bond acceptors (Lipinski definition) is 12. The number of nitrogens with two attached hydrogens (primary N) is 1. The lowest BCUT2D eigenvalue weighted by molar-refractivity contribution is -0.754. The van der Waals surface area contributed by atoms with Gasteiger partial charge in [0.15, 0.2) is 6.20 Å². The van der Waals surface area contributed by atoms with Gasteiger partial charge >= 0.3 is 0 Å². The minimum absolute atomic E-state index is 0.00454. The Morgan fingerprint density at radius 1 is 0.825 bits per heavy atom. The average molecular weight is 1140 g/mol. The smallest absolute Gasteiger partial charge is 0.255 e. The number of hydrogen-bond donors (Lipinski definition) is 9. The highest BCUT2D eigenvalue weighted by Gasteiger charge is 2.41. The van der Waals surface area contributed by atoms with Gasteiger partial charge in [0, 0.05) is 93.5 Å². The van der Waals surface area contributed by atoms with E-state index >= 15 is 0 Å². The normalized spacial score (nSPS) is 17.4. The predicted octanol–water partition coefficient (Wildman–Crippen LogP) is 1.68. The van der Waals surface area contributed by atoms with E-state index in [2.05, 4.69) is 46.9 Å². The summed E-state index contributed by atoms with van der Waals surface area (Å²) in [6.45, 7) is 0.537. The third kappa shape index (κ3) is 13.4. The van der Waals surface area contributed by atoms with Gasteiger partial charge in [-0.25, -0.2) is 0 Å². The molecule has 9 rings (SSSR count). The Labute approximate surface area is 467 Å². The predicted molar refractivity (Wildman–Crippen MR) is 289 cm³/mol. The molecule has 3 aliphatic heterocycles. The summed E-state index contributed by atoms with van der Waals surface area (Å²) in [5, 5.41) is 22.6. The third-order valence-electron chi connectivity index (χ3n) is 14.3. The fraction of sp³-hybridized carbons (Fsp3) is 0.389. The second kappa shape index (κ2) is 25.7. The number of nitrogens with one attached hydrogen (secondary N) is 8. The van der Waals surface area contributed by atoms with Crippen LogP contribution in [0.4, 0.5) is 5.69 Å². The van der Waals surface area contributed by atoms with Gasteiger partial charge in [-0.05, 0) is 67.1 Å². The monoisotopic (exact) mass is 1140 g/mol. The number of nitrogens with zero attached hydrogens (tertiary/aromatic N) is 4. The van der Waals surface area contributed by atoms with Gasteiger partial charge in [-0.3, -0.25) is 48.5 Å². The molecule has 24 nitrogen and oxygen atoms in total. The summed E-state index contributed by atoms with van der Waals surface area (Å²) in [7, 11) is 0. The van der Waals surface area contributed by atoms with Crippen molar-refractivity contribution in [2.24, 2.45) is 5.73 Å². The molecule has 10 N–H and O–H groups in total. The SMILES string of the molecule is NC(=O)[C@H](C[n+]1cc(COCCOCCC(=O)Nc2cccc3c2CN(C2CCC(=O)NC2=O)C3=O)n[nH]1)NC(=O)C(Cc1c[nH]c2ccccc12)NC(=O)[C@@H]1CCCCN1C(=O)C(Cc1c[nH]c2cc(Cl)ccc12)NC(=O)CCl. The van der Waals surface area contributed by atoms with Crippen LogP contribution in [-0.4, -0.2) is 146 Å². The Kier molecular flexibility index (Phi) is 18.2. The van der Waals surface area contributed by atoms with Crippen LogP contribution in [0.15, 0.2) is 79.3 Å². The molecule has 2 saturated heterocycles. The molecule has 420 valence electrons. The van der Waals surface area contributed by atoms with E-state index in [9.17, 15) is 43.2 Å². The largest absolute Gasteiger partial charge is 0.379 e. The average Bonchev–Trinajstić information content (AvgIpc) is 4.26. The molecule has 0 radical (unpaired) electrons.